The third kappa shape index (κ3) is 3.74. The summed E-state index contributed by atoms with van der Waals surface area (Å²) in [4.78, 5) is 27.6. The second-order valence-corrected chi connectivity index (χ2v) is 7.21. The molecule has 138 valence electrons. The highest BCUT2D eigenvalue weighted by atomic mass is 16.1. The van der Waals surface area contributed by atoms with Gasteiger partial charge in [0.05, 0.1) is 11.6 Å². The summed E-state index contributed by atoms with van der Waals surface area (Å²) in [6.07, 6.45) is 6.90. The van der Waals surface area contributed by atoms with Crippen LogP contribution in [0.5, 0.6) is 0 Å². The number of rotatable bonds is 4. The zero-order valence-corrected chi connectivity index (χ0v) is 15.3. The minimum atomic E-state index is -0.224. The summed E-state index contributed by atoms with van der Waals surface area (Å²) in [6, 6.07) is 11.4. The van der Waals surface area contributed by atoms with E-state index in [0.29, 0.717) is 11.7 Å². The highest BCUT2D eigenvalue weighted by Crippen LogP contribution is 2.32. The van der Waals surface area contributed by atoms with Crippen LogP contribution in [0.4, 0.5) is 5.69 Å². The van der Waals surface area contributed by atoms with Crippen LogP contribution in [0.2, 0.25) is 0 Å². The van der Waals surface area contributed by atoms with Crippen LogP contribution in [0, 0.1) is 12.8 Å². The molecule has 0 unspecified atom stereocenters. The van der Waals surface area contributed by atoms with E-state index < -0.39 is 0 Å². The summed E-state index contributed by atoms with van der Waals surface area (Å²) < 4.78 is 2.01. The molecule has 0 saturated heterocycles. The predicted octanol–water partition coefficient (Wildman–Crippen LogP) is 3.92. The van der Waals surface area contributed by atoms with Crippen molar-refractivity contribution >= 4 is 28.8 Å². The highest BCUT2D eigenvalue weighted by molar-refractivity contribution is 6.03. The number of aryl methyl sites for hydroxylation is 1. The molecule has 1 N–H and O–H groups in total. The molecule has 0 spiro atoms. The lowest BCUT2D eigenvalue weighted by atomic mass is 9.87. The predicted molar refractivity (Wildman–Crippen MR) is 104 cm³/mol. The number of anilines is 1. The second-order valence-electron chi connectivity index (χ2n) is 7.21. The number of fused-ring (bicyclic) bond motifs is 1. The van der Waals surface area contributed by atoms with E-state index in [4.69, 9.17) is 0 Å². The van der Waals surface area contributed by atoms with Gasteiger partial charge < -0.3 is 10.1 Å². The number of pyridine rings is 1. The Bertz CT molecular complexity index is 987. The lowest BCUT2D eigenvalue weighted by Crippen LogP contribution is -2.19. The minimum Gasteiger partial charge on any atom is -0.321 e. The standard InChI is InChI=1S/C21H22N4O2/c1-14-3-2-4-20(22-14)21(27)23-17-7-10-19-16(11-17)12-25(24-19)18-8-5-15(13-26)6-9-18/h2-4,7,10-13,15,18H,5-6,8-9H2,1H3,(H,23,27)/t15-,18-. The van der Waals surface area contributed by atoms with Gasteiger partial charge in [0.15, 0.2) is 0 Å². The lowest BCUT2D eigenvalue weighted by molar-refractivity contribution is -0.112. The number of hydrogen-bond donors (Lipinski definition) is 1. The van der Waals surface area contributed by atoms with Gasteiger partial charge in [-0.2, -0.15) is 5.10 Å². The average Bonchev–Trinajstić information content (AvgIpc) is 3.11. The smallest absolute Gasteiger partial charge is 0.274 e. The van der Waals surface area contributed by atoms with E-state index in [0.717, 1.165) is 54.3 Å². The van der Waals surface area contributed by atoms with Gasteiger partial charge in [0.1, 0.15) is 12.0 Å². The molecule has 1 aliphatic carbocycles. The Hall–Kier alpha value is -3.02. The van der Waals surface area contributed by atoms with Crippen molar-refractivity contribution in [3.63, 3.8) is 0 Å². The maximum Gasteiger partial charge on any atom is 0.274 e. The van der Waals surface area contributed by atoms with Crippen LogP contribution in [0.1, 0.15) is 47.9 Å². The Morgan fingerprint density at radius 1 is 1.19 bits per heavy atom. The molecule has 27 heavy (non-hydrogen) atoms. The zero-order valence-electron chi connectivity index (χ0n) is 15.3. The number of carbonyl (C=O) groups is 2. The molecule has 0 radical (unpaired) electrons. The van der Waals surface area contributed by atoms with E-state index in [1.165, 1.54) is 0 Å². The SMILES string of the molecule is Cc1cccc(C(=O)Nc2ccc3nn([C@H]4CC[C@H](C=O)CC4)cc3c2)n1. The van der Waals surface area contributed by atoms with Crippen LogP contribution in [0.3, 0.4) is 0 Å². The summed E-state index contributed by atoms with van der Waals surface area (Å²) in [7, 11) is 0. The number of nitrogens with zero attached hydrogens (tertiary/aromatic N) is 3. The van der Waals surface area contributed by atoms with Gasteiger partial charge >= 0.3 is 0 Å². The Morgan fingerprint density at radius 2 is 2.00 bits per heavy atom. The van der Waals surface area contributed by atoms with Crippen molar-refractivity contribution < 1.29 is 9.59 Å². The zero-order chi connectivity index (χ0) is 18.8. The molecular formula is C21H22N4O2. The molecular weight excluding hydrogens is 340 g/mol. The Morgan fingerprint density at radius 3 is 2.74 bits per heavy atom. The van der Waals surface area contributed by atoms with Crippen molar-refractivity contribution in [2.45, 2.75) is 38.6 Å². The quantitative estimate of drug-likeness (QED) is 0.714. The molecule has 4 rings (SSSR count). The Balaban J connectivity index is 1.51. The van der Waals surface area contributed by atoms with E-state index in [2.05, 4.69) is 15.4 Å². The molecule has 0 aliphatic heterocycles. The van der Waals surface area contributed by atoms with Crippen molar-refractivity contribution in [1.29, 1.82) is 0 Å². The summed E-state index contributed by atoms with van der Waals surface area (Å²) in [5.41, 5.74) is 2.83. The molecule has 3 aromatic rings. The average molecular weight is 362 g/mol. The first kappa shape index (κ1) is 17.4. The second kappa shape index (κ2) is 7.31. The number of hydrogen-bond acceptors (Lipinski definition) is 4. The van der Waals surface area contributed by atoms with E-state index in [-0.39, 0.29) is 11.8 Å². The van der Waals surface area contributed by atoms with Gasteiger partial charge in [-0.15, -0.1) is 0 Å². The number of aldehydes is 1. The third-order valence-corrected chi connectivity index (χ3v) is 5.21. The normalized spacial score (nSPS) is 19.7. The molecule has 1 fully saturated rings. The number of amides is 1. The van der Waals surface area contributed by atoms with Gasteiger partial charge in [0.2, 0.25) is 0 Å². The van der Waals surface area contributed by atoms with Gasteiger partial charge in [-0.3, -0.25) is 9.48 Å². The van der Waals surface area contributed by atoms with Gasteiger partial charge in [-0.25, -0.2) is 4.98 Å². The minimum absolute atomic E-state index is 0.197. The molecule has 2 heterocycles. The van der Waals surface area contributed by atoms with Crippen molar-refractivity contribution in [3.05, 3.63) is 54.0 Å². The van der Waals surface area contributed by atoms with E-state index in [1.54, 1.807) is 6.07 Å². The van der Waals surface area contributed by atoms with Gasteiger partial charge in [-0.1, -0.05) is 6.07 Å². The van der Waals surface area contributed by atoms with E-state index in [9.17, 15) is 9.59 Å². The van der Waals surface area contributed by atoms with Crippen molar-refractivity contribution in [3.8, 4) is 0 Å². The maximum atomic E-state index is 12.4. The van der Waals surface area contributed by atoms with Crippen molar-refractivity contribution in [2.75, 3.05) is 5.32 Å². The number of nitrogens with one attached hydrogen (secondary N) is 1. The Kier molecular flexibility index (Phi) is 4.71. The van der Waals surface area contributed by atoms with Crippen LogP contribution >= 0.6 is 0 Å². The maximum absolute atomic E-state index is 12.4. The fourth-order valence-corrected chi connectivity index (χ4v) is 3.68. The first-order chi connectivity index (χ1) is 13.1. The topological polar surface area (TPSA) is 76.9 Å². The summed E-state index contributed by atoms with van der Waals surface area (Å²) in [5, 5.41) is 8.57. The molecule has 2 aromatic heterocycles. The first-order valence-corrected chi connectivity index (χ1v) is 9.31. The number of aromatic nitrogens is 3. The first-order valence-electron chi connectivity index (χ1n) is 9.31. The molecule has 1 amide bonds. The molecule has 6 nitrogen and oxygen atoms in total. The van der Waals surface area contributed by atoms with Crippen LogP contribution in [0.15, 0.2) is 42.6 Å². The molecule has 1 saturated carbocycles. The highest BCUT2D eigenvalue weighted by Gasteiger charge is 2.22. The number of benzene rings is 1. The van der Waals surface area contributed by atoms with Gasteiger partial charge in [0, 0.05) is 28.9 Å². The van der Waals surface area contributed by atoms with E-state index >= 15 is 0 Å². The van der Waals surface area contributed by atoms with Crippen LogP contribution < -0.4 is 5.32 Å². The van der Waals surface area contributed by atoms with Crippen molar-refractivity contribution in [1.82, 2.24) is 14.8 Å². The lowest BCUT2D eigenvalue weighted by Gasteiger charge is -2.25. The monoisotopic (exact) mass is 362 g/mol. The molecule has 1 aromatic carbocycles. The molecule has 1 aliphatic rings. The van der Waals surface area contributed by atoms with Gasteiger partial charge in [-0.05, 0) is 62.9 Å². The molecule has 0 bridgehead atoms. The van der Waals surface area contributed by atoms with E-state index in [1.807, 2.05) is 48.1 Å². The number of carbonyl (C=O) groups excluding carboxylic acids is 2. The Labute approximate surface area is 157 Å². The summed E-state index contributed by atoms with van der Waals surface area (Å²) in [5.74, 6) is -0.0269. The van der Waals surface area contributed by atoms with Crippen LogP contribution in [-0.2, 0) is 4.79 Å². The molecule has 6 heteroatoms. The van der Waals surface area contributed by atoms with Crippen LogP contribution in [-0.4, -0.2) is 27.0 Å². The fraction of sp³-hybridized carbons (Fsp3) is 0.333. The molecule has 0 atom stereocenters. The van der Waals surface area contributed by atoms with Crippen LogP contribution in [0.25, 0.3) is 10.9 Å². The largest absolute Gasteiger partial charge is 0.321 e. The summed E-state index contributed by atoms with van der Waals surface area (Å²) >= 11 is 0. The summed E-state index contributed by atoms with van der Waals surface area (Å²) in [6.45, 7) is 1.86. The third-order valence-electron chi connectivity index (χ3n) is 5.21. The van der Waals surface area contributed by atoms with Gasteiger partial charge in [0.25, 0.3) is 5.91 Å². The van der Waals surface area contributed by atoms with Crippen molar-refractivity contribution in [2.24, 2.45) is 5.92 Å². The fourth-order valence-electron chi connectivity index (χ4n) is 3.68.